The Bertz CT molecular complexity index is 1910. The number of hydrogen-bond donors (Lipinski definition) is 1. The van der Waals surface area contributed by atoms with Gasteiger partial charge in [-0.15, -0.1) is 13.2 Å². The van der Waals surface area contributed by atoms with Crippen LogP contribution in [0, 0.1) is 20.8 Å². The van der Waals surface area contributed by atoms with Gasteiger partial charge < -0.3 is 18.8 Å². The van der Waals surface area contributed by atoms with Crippen molar-refractivity contribution in [1.29, 1.82) is 0 Å². The van der Waals surface area contributed by atoms with E-state index in [1.165, 1.54) is 12.1 Å². The Morgan fingerprint density at radius 1 is 0.952 bits per heavy atom. The third kappa shape index (κ3) is 5.95. The molecule has 8 nitrogen and oxygen atoms in total. The van der Waals surface area contributed by atoms with Gasteiger partial charge in [0.1, 0.15) is 17.3 Å². The van der Waals surface area contributed by atoms with Crippen molar-refractivity contribution in [1.82, 2.24) is 14.5 Å². The highest BCUT2D eigenvalue weighted by molar-refractivity contribution is 7.90. The predicted molar refractivity (Wildman–Crippen MR) is 150 cm³/mol. The second-order valence-electron chi connectivity index (χ2n) is 9.77. The van der Waals surface area contributed by atoms with E-state index in [0.29, 0.717) is 45.2 Å². The van der Waals surface area contributed by atoms with Crippen molar-refractivity contribution in [3.63, 3.8) is 0 Å². The Kier molecular flexibility index (Phi) is 7.46. The van der Waals surface area contributed by atoms with Gasteiger partial charge in [0.05, 0.1) is 22.9 Å². The minimum atomic E-state index is -4.89. The molecule has 5 rings (SSSR count). The molecule has 0 atom stereocenters. The molecule has 2 aromatic heterocycles. The van der Waals surface area contributed by atoms with Gasteiger partial charge in [-0.1, -0.05) is 18.2 Å². The standard InChI is InChI=1S/C30H26F3N3O5S/c1-17-15-36(18(2)34-17)27-11-8-21(20-6-5-7-24(13-20)42(4,38)39)14-26(27)29-28(35-19(3)40-29)25-10-9-23(12-22(25)16-37)41-30(31,32)33/h5-15,37H,16H2,1-4H3. The Morgan fingerprint density at radius 3 is 2.33 bits per heavy atom. The number of benzene rings is 3. The summed E-state index contributed by atoms with van der Waals surface area (Å²) in [6, 6.07) is 15.7. The predicted octanol–water partition coefficient (Wildman–Crippen LogP) is 6.58. The van der Waals surface area contributed by atoms with Gasteiger partial charge in [-0.2, -0.15) is 0 Å². The molecule has 0 saturated carbocycles. The lowest BCUT2D eigenvalue weighted by atomic mass is 9.96. The first-order chi connectivity index (χ1) is 19.7. The van der Waals surface area contributed by atoms with Crippen LogP contribution in [0.5, 0.6) is 5.75 Å². The summed E-state index contributed by atoms with van der Waals surface area (Å²) in [6.07, 6.45) is -1.91. The van der Waals surface area contributed by atoms with Crippen LogP contribution in [0.4, 0.5) is 13.2 Å². The molecule has 2 heterocycles. The van der Waals surface area contributed by atoms with Gasteiger partial charge in [0.15, 0.2) is 21.5 Å². The lowest BCUT2D eigenvalue weighted by Crippen LogP contribution is -2.17. The second kappa shape index (κ2) is 10.8. The van der Waals surface area contributed by atoms with Crippen LogP contribution in [-0.2, 0) is 16.4 Å². The van der Waals surface area contributed by atoms with E-state index in [1.54, 1.807) is 25.1 Å². The number of aliphatic hydroxyl groups is 1. The van der Waals surface area contributed by atoms with Crippen molar-refractivity contribution >= 4 is 9.84 Å². The van der Waals surface area contributed by atoms with Gasteiger partial charge >= 0.3 is 6.36 Å². The molecule has 0 fully saturated rings. The van der Waals surface area contributed by atoms with E-state index in [0.717, 1.165) is 24.1 Å². The lowest BCUT2D eigenvalue weighted by Gasteiger charge is -2.15. The zero-order valence-electron chi connectivity index (χ0n) is 23.0. The molecule has 0 bridgehead atoms. The van der Waals surface area contributed by atoms with E-state index in [9.17, 15) is 26.7 Å². The molecule has 0 aliphatic heterocycles. The summed E-state index contributed by atoms with van der Waals surface area (Å²) in [5.41, 5.74) is 4.15. The number of rotatable bonds is 7. The molecule has 218 valence electrons. The maximum Gasteiger partial charge on any atom is 0.573 e. The SMILES string of the molecule is Cc1cn(-c2ccc(-c3cccc(S(C)(=O)=O)c3)cc2-c2oc(C)nc2-c2ccc(OC(F)(F)F)cc2CO)c(C)n1. The van der Waals surface area contributed by atoms with Gasteiger partial charge in [-0.3, -0.25) is 0 Å². The maximum atomic E-state index is 12.8. The van der Waals surface area contributed by atoms with Crippen LogP contribution in [0.25, 0.3) is 39.4 Å². The van der Waals surface area contributed by atoms with Crippen molar-refractivity contribution in [2.24, 2.45) is 0 Å². The first-order valence-corrected chi connectivity index (χ1v) is 14.6. The molecule has 0 aliphatic carbocycles. The molecule has 0 saturated heterocycles. The first-order valence-electron chi connectivity index (χ1n) is 12.7. The molecule has 1 N–H and O–H groups in total. The number of hydrogen-bond acceptors (Lipinski definition) is 7. The van der Waals surface area contributed by atoms with Gasteiger partial charge in [-0.05, 0) is 73.0 Å². The molecule has 5 aromatic rings. The number of aryl methyl sites for hydroxylation is 3. The third-order valence-corrected chi connectivity index (χ3v) is 7.68. The summed E-state index contributed by atoms with van der Waals surface area (Å²) >= 11 is 0. The zero-order valence-corrected chi connectivity index (χ0v) is 23.8. The summed E-state index contributed by atoms with van der Waals surface area (Å²) in [7, 11) is -3.46. The van der Waals surface area contributed by atoms with E-state index < -0.39 is 28.6 Å². The number of alkyl halides is 3. The summed E-state index contributed by atoms with van der Waals surface area (Å²) in [4.78, 5) is 9.20. The monoisotopic (exact) mass is 597 g/mol. The minimum Gasteiger partial charge on any atom is -0.440 e. The smallest absolute Gasteiger partial charge is 0.440 e. The number of ether oxygens (including phenoxy) is 1. The molecule has 3 aromatic carbocycles. The molecule has 42 heavy (non-hydrogen) atoms. The first kappa shape index (κ1) is 29.1. The summed E-state index contributed by atoms with van der Waals surface area (Å²) in [5, 5.41) is 10.1. The molecule has 0 unspecified atom stereocenters. The second-order valence-corrected chi connectivity index (χ2v) is 11.8. The van der Waals surface area contributed by atoms with Crippen molar-refractivity contribution in [3.8, 4) is 45.1 Å². The van der Waals surface area contributed by atoms with Crippen molar-refractivity contribution in [3.05, 3.63) is 89.8 Å². The number of halogens is 3. The highest BCUT2D eigenvalue weighted by Gasteiger charge is 2.31. The van der Waals surface area contributed by atoms with E-state index >= 15 is 0 Å². The number of oxazole rings is 1. The van der Waals surface area contributed by atoms with Crippen LogP contribution in [0.15, 0.2) is 76.2 Å². The molecule has 0 radical (unpaired) electrons. The number of nitrogens with zero attached hydrogens (tertiary/aromatic N) is 3. The molecular weight excluding hydrogens is 571 g/mol. The highest BCUT2D eigenvalue weighted by Crippen LogP contribution is 2.41. The normalized spacial score (nSPS) is 12.1. The fraction of sp³-hybridized carbons (Fsp3) is 0.200. The number of sulfone groups is 1. The molecular formula is C30H26F3N3O5S. The fourth-order valence-electron chi connectivity index (χ4n) is 4.80. The van der Waals surface area contributed by atoms with E-state index in [2.05, 4.69) is 14.7 Å². The quantitative estimate of drug-likeness (QED) is 0.226. The van der Waals surface area contributed by atoms with Crippen LogP contribution < -0.4 is 4.74 Å². The Morgan fingerprint density at radius 2 is 1.69 bits per heavy atom. The summed E-state index contributed by atoms with van der Waals surface area (Å²) in [6.45, 7) is 4.76. The average molecular weight is 598 g/mol. The van der Waals surface area contributed by atoms with E-state index in [1.807, 2.05) is 42.8 Å². The third-order valence-electron chi connectivity index (χ3n) is 6.57. The van der Waals surface area contributed by atoms with Crippen molar-refractivity contribution in [2.45, 2.75) is 38.6 Å². The van der Waals surface area contributed by atoms with Gasteiger partial charge in [0, 0.05) is 30.5 Å². The van der Waals surface area contributed by atoms with Gasteiger partial charge in [-0.25, -0.2) is 18.4 Å². The number of imidazole rings is 1. The van der Waals surface area contributed by atoms with Crippen molar-refractivity contribution in [2.75, 3.05) is 6.26 Å². The summed E-state index contributed by atoms with van der Waals surface area (Å²) in [5.74, 6) is 0.806. The minimum absolute atomic E-state index is 0.152. The lowest BCUT2D eigenvalue weighted by molar-refractivity contribution is -0.274. The van der Waals surface area contributed by atoms with Crippen LogP contribution in [0.3, 0.4) is 0 Å². The van der Waals surface area contributed by atoms with Crippen LogP contribution in [-0.4, -0.2) is 40.7 Å². The summed E-state index contributed by atoms with van der Waals surface area (Å²) < 4.78 is 75.0. The Balaban J connectivity index is 1.74. The molecule has 0 spiro atoms. The number of aromatic nitrogens is 3. The fourth-order valence-corrected chi connectivity index (χ4v) is 5.46. The zero-order chi connectivity index (χ0) is 30.4. The van der Waals surface area contributed by atoms with Crippen molar-refractivity contribution < 1.29 is 35.8 Å². The van der Waals surface area contributed by atoms with E-state index in [4.69, 9.17) is 4.42 Å². The Labute approximate surface area is 240 Å². The van der Waals surface area contributed by atoms with E-state index in [-0.39, 0.29) is 16.3 Å². The van der Waals surface area contributed by atoms with Crippen LogP contribution in [0.1, 0.15) is 23.0 Å². The molecule has 0 amide bonds. The molecule has 0 aliphatic rings. The average Bonchev–Trinajstić information content (AvgIpc) is 3.47. The van der Waals surface area contributed by atoms with Gasteiger partial charge in [0.2, 0.25) is 0 Å². The maximum absolute atomic E-state index is 12.8. The topological polar surface area (TPSA) is 107 Å². The van der Waals surface area contributed by atoms with Crippen LogP contribution in [0.2, 0.25) is 0 Å². The largest absolute Gasteiger partial charge is 0.573 e. The highest BCUT2D eigenvalue weighted by atomic mass is 32.2. The molecule has 12 heteroatoms. The Hall–Kier alpha value is -4.42. The number of aliphatic hydroxyl groups excluding tert-OH is 1. The van der Waals surface area contributed by atoms with Gasteiger partial charge in [0.25, 0.3) is 0 Å². The van der Waals surface area contributed by atoms with Crippen LogP contribution >= 0.6 is 0 Å².